The molecule has 2 atom stereocenters. The first-order valence-electron chi connectivity index (χ1n) is 11.5. The van der Waals surface area contributed by atoms with Crippen molar-refractivity contribution in [3.63, 3.8) is 0 Å². The third-order valence-electron chi connectivity index (χ3n) is 6.53. The smallest absolute Gasteiger partial charge is 0.282 e. The first-order chi connectivity index (χ1) is 16.1. The molecule has 0 amide bonds. The molecule has 1 aliphatic heterocycles. The van der Waals surface area contributed by atoms with Crippen molar-refractivity contribution in [1.29, 1.82) is 0 Å². The van der Waals surface area contributed by atoms with Crippen molar-refractivity contribution in [1.82, 2.24) is 15.5 Å². The molecule has 9 nitrogen and oxygen atoms in total. The normalized spacial score (nSPS) is 19.2. The number of aromatic nitrogens is 2. The van der Waals surface area contributed by atoms with Crippen LogP contribution in [-0.2, 0) is 6.42 Å². The van der Waals surface area contributed by atoms with Crippen LogP contribution in [0.1, 0.15) is 61.4 Å². The summed E-state index contributed by atoms with van der Waals surface area (Å²) >= 11 is 0. The maximum atomic E-state index is 11.6. The summed E-state index contributed by atoms with van der Waals surface area (Å²) in [5.41, 5.74) is 3.48. The summed E-state index contributed by atoms with van der Waals surface area (Å²) in [5, 5.41) is 33.6. The van der Waals surface area contributed by atoms with Gasteiger partial charge in [-0.2, -0.15) is 0 Å². The summed E-state index contributed by atoms with van der Waals surface area (Å²) in [6, 6.07) is 13.1. The summed E-state index contributed by atoms with van der Waals surface area (Å²) in [6.07, 6.45) is 5.14. The Morgan fingerprint density at radius 2 is 1.94 bits per heavy atom. The Hall–Kier alpha value is -3.30. The van der Waals surface area contributed by atoms with Gasteiger partial charge in [-0.1, -0.05) is 24.3 Å². The highest BCUT2D eigenvalue weighted by Gasteiger charge is 2.27. The van der Waals surface area contributed by atoms with E-state index in [2.05, 4.69) is 32.5 Å². The molecule has 2 aromatic carbocycles. The number of aryl methyl sites for hydroxylation is 1. The van der Waals surface area contributed by atoms with Crippen LogP contribution in [0.25, 0.3) is 11.5 Å². The fourth-order valence-corrected chi connectivity index (χ4v) is 4.85. The molecule has 3 aromatic rings. The van der Waals surface area contributed by atoms with Crippen molar-refractivity contribution in [2.45, 2.75) is 50.8 Å². The van der Waals surface area contributed by atoms with Crippen molar-refractivity contribution in [2.75, 3.05) is 18.0 Å². The zero-order valence-corrected chi connectivity index (χ0v) is 18.3. The number of hydrogen-bond donors (Lipinski definition) is 2. The number of benzene rings is 2. The van der Waals surface area contributed by atoms with E-state index in [9.17, 15) is 15.2 Å². The molecular formula is C24H27N5O4. The highest BCUT2D eigenvalue weighted by molar-refractivity contribution is 5.72. The molecule has 5 rings (SSSR count). The Bertz CT molecular complexity index is 1140. The van der Waals surface area contributed by atoms with Gasteiger partial charge >= 0.3 is 0 Å². The van der Waals surface area contributed by atoms with Crippen LogP contribution in [0.15, 0.2) is 46.9 Å². The van der Waals surface area contributed by atoms with Gasteiger partial charge in [0.2, 0.25) is 0 Å². The monoisotopic (exact) mass is 449 g/mol. The molecule has 1 unspecified atom stereocenters. The van der Waals surface area contributed by atoms with E-state index in [4.69, 9.17) is 4.42 Å². The standard InChI is InChI=1S/C24H27N5O4/c30-22(25-20-10-6-8-16-7-2-3-9-18(16)20)24-27-26-23(33-24)19-15-17(11-12-21(19)29(31)32)28-13-4-1-5-14-28/h2-3,7,9,11-12,15,20,22,25,30H,1,4-6,8,10,13-14H2/t20-,22?/m0/s1. The Balaban J connectivity index is 1.39. The highest BCUT2D eigenvalue weighted by Crippen LogP contribution is 2.35. The van der Waals surface area contributed by atoms with Gasteiger partial charge in [0.1, 0.15) is 5.56 Å². The predicted octanol–water partition coefficient (Wildman–Crippen LogP) is 4.29. The zero-order chi connectivity index (χ0) is 22.8. The first-order valence-corrected chi connectivity index (χ1v) is 11.5. The average molecular weight is 450 g/mol. The minimum absolute atomic E-state index is 0.00859. The molecule has 33 heavy (non-hydrogen) atoms. The molecular weight excluding hydrogens is 422 g/mol. The van der Waals surface area contributed by atoms with E-state index < -0.39 is 11.2 Å². The third-order valence-corrected chi connectivity index (χ3v) is 6.53. The van der Waals surface area contributed by atoms with Crippen molar-refractivity contribution in [3.05, 3.63) is 69.6 Å². The topological polar surface area (TPSA) is 118 Å². The summed E-state index contributed by atoms with van der Waals surface area (Å²) in [7, 11) is 0. The highest BCUT2D eigenvalue weighted by atomic mass is 16.6. The second-order valence-corrected chi connectivity index (χ2v) is 8.66. The molecule has 1 aliphatic carbocycles. The molecule has 2 N–H and O–H groups in total. The summed E-state index contributed by atoms with van der Waals surface area (Å²) in [6.45, 7) is 1.83. The van der Waals surface area contributed by atoms with Gasteiger partial charge in [0.05, 0.1) is 4.92 Å². The molecule has 1 fully saturated rings. The average Bonchev–Trinajstić information content (AvgIpc) is 3.35. The lowest BCUT2D eigenvalue weighted by atomic mass is 9.88. The van der Waals surface area contributed by atoms with Crippen LogP contribution in [0.5, 0.6) is 0 Å². The molecule has 0 saturated carbocycles. The van der Waals surface area contributed by atoms with E-state index in [-0.39, 0.29) is 29.1 Å². The van der Waals surface area contributed by atoms with Crippen molar-refractivity contribution < 1.29 is 14.4 Å². The number of hydrogen-bond acceptors (Lipinski definition) is 8. The van der Waals surface area contributed by atoms with Gasteiger partial charge in [-0.3, -0.25) is 15.4 Å². The van der Waals surface area contributed by atoms with Crippen LogP contribution in [-0.4, -0.2) is 33.3 Å². The van der Waals surface area contributed by atoms with Crippen LogP contribution in [0.3, 0.4) is 0 Å². The van der Waals surface area contributed by atoms with E-state index in [0.29, 0.717) is 0 Å². The van der Waals surface area contributed by atoms with Crippen molar-refractivity contribution >= 4 is 11.4 Å². The Morgan fingerprint density at radius 3 is 2.76 bits per heavy atom. The van der Waals surface area contributed by atoms with Crippen LogP contribution in [0, 0.1) is 10.1 Å². The van der Waals surface area contributed by atoms with E-state index >= 15 is 0 Å². The maximum Gasteiger partial charge on any atom is 0.282 e. The number of nitrogens with one attached hydrogen (secondary N) is 1. The number of aliphatic hydroxyl groups excluding tert-OH is 1. The lowest BCUT2D eigenvalue weighted by Crippen LogP contribution is -2.29. The molecule has 0 radical (unpaired) electrons. The first kappa shape index (κ1) is 21.5. The summed E-state index contributed by atoms with van der Waals surface area (Å²) < 4.78 is 5.74. The molecule has 2 heterocycles. The largest absolute Gasteiger partial charge is 0.416 e. The van der Waals surface area contributed by atoms with E-state index in [1.54, 1.807) is 12.1 Å². The third kappa shape index (κ3) is 4.46. The number of aliphatic hydroxyl groups is 1. The Morgan fingerprint density at radius 1 is 1.12 bits per heavy atom. The second-order valence-electron chi connectivity index (χ2n) is 8.66. The van der Waals surface area contributed by atoms with E-state index in [1.165, 1.54) is 18.1 Å². The van der Waals surface area contributed by atoms with Gasteiger partial charge in [0.25, 0.3) is 17.5 Å². The summed E-state index contributed by atoms with van der Waals surface area (Å²) in [4.78, 5) is 13.4. The zero-order valence-electron chi connectivity index (χ0n) is 18.3. The Labute approximate surface area is 191 Å². The van der Waals surface area contributed by atoms with Gasteiger partial charge in [0, 0.05) is 30.9 Å². The molecule has 0 bridgehead atoms. The Kier molecular flexibility index (Phi) is 6.06. The van der Waals surface area contributed by atoms with E-state index in [0.717, 1.165) is 56.4 Å². The van der Waals surface area contributed by atoms with Crippen molar-refractivity contribution in [2.24, 2.45) is 0 Å². The quantitative estimate of drug-likeness (QED) is 0.325. The molecule has 0 spiro atoms. The van der Waals surface area contributed by atoms with Gasteiger partial charge < -0.3 is 14.4 Å². The van der Waals surface area contributed by atoms with E-state index in [1.807, 2.05) is 12.1 Å². The van der Waals surface area contributed by atoms with Gasteiger partial charge in [-0.15, -0.1) is 10.2 Å². The molecule has 1 aromatic heterocycles. The maximum absolute atomic E-state index is 11.6. The molecule has 1 saturated heterocycles. The number of anilines is 1. The summed E-state index contributed by atoms with van der Waals surface area (Å²) in [5.74, 6) is 0.0196. The van der Waals surface area contributed by atoms with Crippen LogP contribution in [0.4, 0.5) is 11.4 Å². The molecule has 9 heteroatoms. The fourth-order valence-electron chi connectivity index (χ4n) is 4.85. The molecule has 172 valence electrons. The number of fused-ring (bicyclic) bond motifs is 1. The SMILES string of the molecule is O=[N+]([O-])c1ccc(N2CCCCC2)cc1-c1nnc(C(O)N[C@H]2CCCc3ccccc32)o1. The second kappa shape index (κ2) is 9.29. The van der Waals surface area contributed by atoms with Gasteiger partial charge in [0.15, 0.2) is 6.23 Å². The van der Waals surface area contributed by atoms with Gasteiger partial charge in [-0.05, 0) is 61.8 Å². The van der Waals surface area contributed by atoms with Crippen LogP contribution in [0.2, 0.25) is 0 Å². The minimum Gasteiger partial charge on any atom is -0.416 e. The lowest BCUT2D eigenvalue weighted by Gasteiger charge is -2.28. The van der Waals surface area contributed by atoms with Gasteiger partial charge in [-0.25, -0.2) is 0 Å². The number of nitro benzene ring substituents is 1. The number of rotatable bonds is 6. The molecule has 2 aliphatic rings. The number of nitro groups is 1. The number of nitrogens with zero attached hydrogens (tertiary/aromatic N) is 4. The predicted molar refractivity (Wildman–Crippen MR) is 123 cm³/mol. The minimum atomic E-state index is -1.17. The number of piperidine rings is 1. The van der Waals surface area contributed by atoms with Crippen molar-refractivity contribution in [3.8, 4) is 11.5 Å². The van der Waals surface area contributed by atoms with Crippen LogP contribution < -0.4 is 10.2 Å². The fraction of sp³-hybridized carbons (Fsp3) is 0.417. The van der Waals surface area contributed by atoms with Crippen LogP contribution >= 0.6 is 0 Å². The lowest BCUT2D eigenvalue weighted by molar-refractivity contribution is -0.384.